The maximum atomic E-state index is 12.2. The molecule has 0 radical (unpaired) electrons. The highest BCUT2D eigenvalue weighted by atomic mass is 16.5. The lowest BCUT2D eigenvalue weighted by Crippen LogP contribution is -2.48. The maximum Gasteiger partial charge on any atom is 0.174 e. The van der Waals surface area contributed by atoms with E-state index in [1.54, 1.807) is 31.6 Å². The van der Waals surface area contributed by atoms with Gasteiger partial charge in [-0.05, 0) is 56.0 Å². The van der Waals surface area contributed by atoms with Crippen LogP contribution in [-0.4, -0.2) is 54.4 Å². The summed E-state index contributed by atoms with van der Waals surface area (Å²) in [5.41, 5.74) is 0.860. The number of aromatic nitrogens is 1. The number of hydrogen-bond donors (Lipinski definition) is 1. The van der Waals surface area contributed by atoms with E-state index in [1.807, 2.05) is 30.3 Å². The molecule has 7 rings (SSSR count). The van der Waals surface area contributed by atoms with Crippen LogP contribution >= 0.6 is 0 Å². The molecule has 0 spiro atoms. The van der Waals surface area contributed by atoms with E-state index in [4.69, 9.17) is 14.2 Å². The van der Waals surface area contributed by atoms with Crippen LogP contribution in [0, 0.1) is 11.3 Å². The second kappa shape index (κ2) is 9.70. The molecule has 196 valence electrons. The number of benzene rings is 2. The highest BCUT2D eigenvalue weighted by molar-refractivity contribution is 5.57. The third-order valence-electron chi connectivity index (χ3n) is 8.93. The van der Waals surface area contributed by atoms with E-state index in [1.165, 1.54) is 12.8 Å². The molecule has 4 aliphatic rings. The monoisotopic (exact) mass is 511 g/mol. The van der Waals surface area contributed by atoms with Gasteiger partial charge in [0.1, 0.15) is 17.1 Å². The Bertz CT molecular complexity index is 1330. The molecule has 3 fully saturated rings. The summed E-state index contributed by atoms with van der Waals surface area (Å²) in [6, 6.07) is 21.1. The predicted molar refractivity (Wildman–Crippen MR) is 142 cm³/mol. The van der Waals surface area contributed by atoms with Gasteiger partial charge in [0.05, 0.1) is 49.9 Å². The van der Waals surface area contributed by atoms with Crippen molar-refractivity contribution >= 4 is 0 Å². The van der Waals surface area contributed by atoms with Gasteiger partial charge in [-0.1, -0.05) is 42.5 Å². The number of methoxy groups -OCH3 is 1. The van der Waals surface area contributed by atoms with Crippen LogP contribution in [0.2, 0.25) is 0 Å². The van der Waals surface area contributed by atoms with Crippen LogP contribution in [0.3, 0.4) is 0 Å². The van der Waals surface area contributed by atoms with Crippen LogP contribution in [0.1, 0.15) is 53.9 Å². The van der Waals surface area contributed by atoms with Crippen molar-refractivity contribution in [3.05, 3.63) is 89.2 Å². The average Bonchev–Trinajstić information content (AvgIpc) is 3.45. The van der Waals surface area contributed by atoms with Gasteiger partial charge in [0.15, 0.2) is 5.60 Å². The topological polar surface area (TPSA) is 87.8 Å². The zero-order valence-electron chi connectivity index (χ0n) is 21.8. The lowest BCUT2D eigenvalue weighted by Gasteiger charge is -2.40. The highest BCUT2D eigenvalue weighted by Gasteiger charge is 2.69. The normalized spacial score (nSPS) is 30.8. The number of ether oxygens (including phenoxy) is 3. The Morgan fingerprint density at radius 3 is 2.37 bits per heavy atom. The maximum absolute atomic E-state index is 12.2. The van der Waals surface area contributed by atoms with E-state index in [9.17, 15) is 10.4 Å². The number of pyridine rings is 1. The number of fused-ring (bicyclic) bond motifs is 5. The summed E-state index contributed by atoms with van der Waals surface area (Å²) in [4.78, 5) is 6.69. The number of aliphatic hydroxyl groups is 1. The highest BCUT2D eigenvalue weighted by Crippen LogP contribution is 2.67. The van der Waals surface area contributed by atoms with E-state index in [2.05, 4.69) is 35.1 Å². The molecule has 3 aromatic rings. The Balaban J connectivity index is 0.000000246. The summed E-state index contributed by atoms with van der Waals surface area (Å²) < 4.78 is 17.5. The molecular formula is C31H33N3O4. The average molecular weight is 512 g/mol. The molecule has 4 heterocycles. The lowest BCUT2D eigenvalue weighted by atomic mass is 9.71. The van der Waals surface area contributed by atoms with Crippen molar-refractivity contribution < 1.29 is 19.3 Å². The Morgan fingerprint density at radius 2 is 1.74 bits per heavy atom. The SMILES string of the molecule is CN1[C@@H]2CC[C@@H]1COC2.COc1cncc2c1C1(O)CCC(c3ccccc3)C1(c1ccc(C#N)cc1)O2. The smallest absolute Gasteiger partial charge is 0.174 e. The number of morpholine rings is 1. The molecule has 1 aliphatic carbocycles. The molecule has 1 N–H and O–H groups in total. The summed E-state index contributed by atoms with van der Waals surface area (Å²) in [5, 5.41) is 21.4. The number of likely N-dealkylation sites (N-methyl/N-ethyl adjacent to an activating group) is 1. The van der Waals surface area contributed by atoms with Gasteiger partial charge in [-0.3, -0.25) is 9.88 Å². The van der Waals surface area contributed by atoms with Crippen molar-refractivity contribution in [2.75, 3.05) is 27.4 Å². The number of rotatable bonds is 3. The van der Waals surface area contributed by atoms with Crippen molar-refractivity contribution in [2.45, 2.75) is 54.9 Å². The zero-order valence-corrected chi connectivity index (χ0v) is 21.8. The fraction of sp³-hybridized carbons (Fsp3) is 0.419. The Kier molecular flexibility index (Phi) is 6.35. The Morgan fingerprint density at radius 1 is 1.03 bits per heavy atom. The van der Waals surface area contributed by atoms with Crippen LogP contribution in [0.25, 0.3) is 0 Å². The summed E-state index contributed by atoms with van der Waals surface area (Å²) in [5.74, 6) is 0.991. The molecule has 2 saturated heterocycles. The summed E-state index contributed by atoms with van der Waals surface area (Å²) >= 11 is 0. The number of hydrogen-bond acceptors (Lipinski definition) is 7. The van der Waals surface area contributed by atoms with Crippen LogP contribution in [0.5, 0.6) is 11.5 Å². The van der Waals surface area contributed by atoms with Crippen LogP contribution < -0.4 is 9.47 Å². The van der Waals surface area contributed by atoms with Gasteiger partial charge < -0.3 is 19.3 Å². The van der Waals surface area contributed by atoms with Crippen LogP contribution in [0.4, 0.5) is 0 Å². The fourth-order valence-electron chi connectivity index (χ4n) is 6.94. The molecule has 1 aromatic heterocycles. The lowest BCUT2D eigenvalue weighted by molar-refractivity contribution is -0.106. The first-order chi connectivity index (χ1) is 18.5. The van der Waals surface area contributed by atoms with Crippen molar-refractivity contribution in [1.29, 1.82) is 5.26 Å². The van der Waals surface area contributed by atoms with E-state index in [0.717, 1.165) is 42.8 Å². The van der Waals surface area contributed by atoms with Crippen molar-refractivity contribution in [2.24, 2.45) is 0 Å². The summed E-state index contributed by atoms with van der Waals surface area (Å²) in [6.07, 6.45) is 7.24. The predicted octanol–water partition coefficient (Wildman–Crippen LogP) is 4.49. The Hall–Kier alpha value is -3.44. The third kappa shape index (κ3) is 3.70. The van der Waals surface area contributed by atoms with Gasteiger partial charge >= 0.3 is 0 Å². The first-order valence-corrected chi connectivity index (χ1v) is 13.3. The van der Waals surface area contributed by atoms with Crippen molar-refractivity contribution in [1.82, 2.24) is 9.88 Å². The van der Waals surface area contributed by atoms with Crippen molar-refractivity contribution in [3.8, 4) is 17.6 Å². The Labute approximate surface area is 223 Å². The molecule has 38 heavy (non-hydrogen) atoms. The van der Waals surface area contributed by atoms with Gasteiger partial charge in [-0.2, -0.15) is 5.26 Å². The molecule has 2 bridgehead atoms. The third-order valence-corrected chi connectivity index (χ3v) is 8.93. The van der Waals surface area contributed by atoms with Gasteiger partial charge in [0.2, 0.25) is 0 Å². The van der Waals surface area contributed by atoms with Gasteiger partial charge in [0, 0.05) is 18.0 Å². The molecule has 1 saturated carbocycles. The van der Waals surface area contributed by atoms with E-state index in [-0.39, 0.29) is 5.92 Å². The molecule has 3 unspecified atom stereocenters. The van der Waals surface area contributed by atoms with Gasteiger partial charge in [-0.25, -0.2) is 0 Å². The molecule has 2 aromatic carbocycles. The van der Waals surface area contributed by atoms with Crippen molar-refractivity contribution in [3.63, 3.8) is 0 Å². The van der Waals surface area contributed by atoms with Gasteiger partial charge in [-0.15, -0.1) is 0 Å². The largest absolute Gasteiger partial charge is 0.495 e. The van der Waals surface area contributed by atoms with E-state index < -0.39 is 11.2 Å². The molecule has 3 aliphatic heterocycles. The summed E-state index contributed by atoms with van der Waals surface area (Å²) in [6.45, 7) is 1.93. The molecule has 0 amide bonds. The fourth-order valence-corrected chi connectivity index (χ4v) is 6.94. The zero-order chi connectivity index (χ0) is 26.3. The van der Waals surface area contributed by atoms with Crippen LogP contribution in [0.15, 0.2) is 67.0 Å². The molecule has 5 atom stereocenters. The molecule has 7 heteroatoms. The number of nitrogens with zero attached hydrogens (tertiary/aromatic N) is 3. The molecular weight excluding hydrogens is 478 g/mol. The number of nitriles is 1. The molecule has 7 nitrogen and oxygen atoms in total. The van der Waals surface area contributed by atoms with E-state index in [0.29, 0.717) is 29.0 Å². The minimum absolute atomic E-state index is 0.0706. The minimum Gasteiger partial charge on any atom is -0.495 e. The first kappa shape index (κ1) is 24.9. The van der Waals surface area contributed by atoms with Crippen LogP contribution in [-0.2, 0) is 15.9 Å². The second-order valence-corrected chi connectivity index (χ2v) is 10.7. The van der Waals surface area contributed by atoms with Gasteiger partial charge in [0.25, 0.3) is 0 Å². The first-order valence-electron chi connectivity index (χ1n) is 13.3. The second-order valence-electron chi connectivity index (χ2n) is 10.7. The quantitative estimate of drug-likeness (QED) is 0.554. The van der Waals surface area contributed by atoms with E-state index >= 15 is 0 Å². The summed E-state index contributed by atoms with van der Waals surface area (Å²) in [7, 11) is 3.79. The minimum atomic E-state index is -1.27. The standard InChI is InChI=1S/C24H20N2O3.C7H13NO/c1-28-20-14-26-15-21-22(20)23(27)12-11-19(17-5-3-2-4-6-17)24(23,29-21)18-9-7-16(13-25)8-10-18;1-8-6-2-3-7(8)5-9-4-6/h2-10,14-15,19,27H,11-12H2,1H3;6-7H,2-5H2,1H3/t;6-,7-/m.1/s1.